The first kappa shape index (κ1) is 77.4. The molecule has 9 nitrogen and oxygen atoms in total. The highest BCUT2D eigenvalue weighted by Gasteiger charge is 2.44. The normalized spacial score (nSPS) is 18.8. The van der Waals surface area contributed by atoms with Gasteiger partial charge in [0.25, 0.3) is 0 Å². The summed E-state index contributed by atoms with van der Waals surface area (Å²) in [6, 6.07) is -0.834. The third-order valence-corrected chi connectivity index (χ3v) is 16.2. The number of unbranched alkanes of at least 4 members (excludes halogenated alkanes) is 38. The first-order valence-corrected chi connectivity index (χ1v) is 34.8. The van der Waals surface area contributed by atoms with Gasteiger partial charge in [-0.15, -0.1) is 0 Å². The summed E-state index contributed by atoms with van der Waals surface area (Å²) in [6.45, 7) is 3.68. The fourth-order valence-electron chi connectivity index (χ4n) is 10.8. The Morgan fingerprint density at radius 2 is 0.768 bits per heavy atom. The Hall–Kier alpha value is -2.63. The second-order valence-corrected chi connectivity index (χ2v) is 23.9. The Balaban J connectivity index is 2.17. The van der Waals surface area contributed by atoms with Crippen LogP contribution in [0.15, 0.2) is 85.1 Å². The molecule has 0 bridgehead atoms. The van der Waals surface area contributed by atoms with Gasteiger partial charge in [-0.2, -0.15) is 0 Å². The van der Waals surface area contributed by atoms with E-state index in [0.29, 0.717) is 6.42 Å². The van der Waals surface area contributed by atoms with Gasteiger partial charge in [-0.1, -0.05) is 311 Å². The van der Waals surface area contributed by atoms with Gasteiger partial charge in [0.15, 0.2) is 6.29 Å². The molecule has 1 amide bonds. The predicted octanol–water partition coefficient (Wildman–Crippen LogP) is 18.9. The third-order valence-electron chi connectivity index (χ3n) is 16.2. The molecule has 0 saturated carbocycles. The Labute approximate surface area is 505 Å². The van der Waals surface area contributed by atoms with Crippen LogP contribution in [0.4, 0.5) is 0 Å². The number of aliphatic hydroxyl groups is 5. The summed E-state index contributed by atoms with van der Waals surface area (Å²) in [4.78, 5) is 13.1. The zero-order valence-corrected chi connectivity index (χ0v) is 53.2. The number of amides is 1. The number of aliphatic hydroxyl groups excluding tert-OH is 5. The third kappa shape index (κ3) is 49.6. The van der Waals surface area contributed by atoms with Crippen LogP contribution in [0, 0.1) is 0 Å². The minimum Gasteiger partial charge on any atom is -0.394 e. The molecule has 0 spiro atoms. The van der Waals surface area contributed by atoms with E-state index in [1.807, 2.05) is 6.08 Å². The fourth-order valence-corrected chi connectivity index (χ4v) is 10.8. The van der Waals surface area contributed by atoms with Crippen LogP contribution >= 0.6 is 0 Å². The Kier molecular flexibility index (Phi) is 58.0. The second-order valence-electron chi connectivity index (χ2n) is 23.9. The van der Waals surface area contributed by atoms with E-state index in [2.05, 4.69) is 92.1 Å². The van der Waals surface area contributed by atoms with Crippen molar-refractivity contribution in [2.75, 3.05) is 13.2 Å². The van der Waals surface area contributed by atoms with Crippen LogP contribution in [0.3, 0.4) is 0 Å². The van der Waals surface area contributed by atoms with Gasteiger partial charge in [0, 0.05) is 6.42 Å². The van der Waals surface area contributed by atoms with Gasteiger partial charge in [-0.3, -0.25) is 4.79 Å². The molecule has 1 heterocycles. The molecular weight excluding hydrogens is 1020 g/mol. The van der Waals surface area contributed by atoms with Gasteiger partial charge in [0.2, 0.25) is 5.91 Å². The van der Waals surface area contributed by atoms with E-state index in [9.17, 15) is 30.3 Å². The van der Waals surface area contributed by atoms with Crippen LogP contribution in [0.2, 0.25) is 0 Å². The first-order valence-electron chi connectivity index (χ1n) is 34.8. The maximum atomic E-state index is 13.1. The highest BCUT2D eigenvalue weighted by molar-refractivity contribution is 5.76. The number of ether oxygens (including phenoxy) is 2. The minimum atomic E-state index is -1.58. The Morgan fingerprint density at radius 1 is 0.427 bits per heavy atom. The molecule has 82 heavy (non-hydrogen) atoms. The van der Waals surface area contributed by atoms with Crippen molar-refractivity contribution in [1.82, 2.24) is 5.32 Å². The smallest absolute Gasteiger partial charge is 0.220 e. The lowest BCUT2D eigenvalue weighted by atomic mass is 9.99. The molecule has 476 valence electrons. The summed E-state index contributed by atoms with van der Waals surface area (Å²) >= 11 is 0. The molecule has 7 unspecified atom stereocenters. The van der Waals surface area contributed by atoms with Crippen molar-refractivity contribution in [1.29, 1.82) is 0 Å². The van der Waals surface area contributed by atoms with E-state index in [1.165, 1.54) is 225 Å². The van der Waals surface area contributed by atoms with Gasteiger partial charge in [0.1, 0.15) is 24.4 Å². The predicted molar refractivity (Wildman–Crippen MR) is 350 cm³/mol. The van der Waals surface area contributed by atoms with Crippen molar-refractivity contribution < 1.29 is 39.8 Å². The quantitative estimate of drug-likeness (QED) is 0.0261. The first-order chi connectivity index (χ1) is 40.3. The molecule has 0 aromatic heterocycles. The zero-order chi connectivity index (χ0) is 59.3. The summed E-state index contributed by atoms with van der Waals surface area (Å²) in [5, 5.41) is 54.7. The van der Waals surface area contributed by atoms with Crippen molar-refractivity contribution in [3.8, 4) is 0 Å². The van der Waals surface area contributed by atoms with Crippen molar-refractivity contribution >= 4 is 5.91 Å². The standard InChI is InChI=1S/C73H131NO8/c1-3-5-7-9-11-13-15-17-19-21-23-25-27-29-31-33-35-36-38-40-42-44-46-48-50-52-54-56-58-60-62-67(76)66(65-81-73-72(80)71(79)70(78)68(64-75)82-73)74-69(77)63-61-59-57-55-53-51-49-47-45-43-41-39-37-34-32-30-28-26-24-22-20-18-16-14-12-10-8-6-4-2/h6,8,12,14,18,20,24,26,44,46,52,54,60,62,66-68,70-73,75-76,78-80H,3-5,7,9-11,13,15-17,19,21-23,25,27-43,45,47-51,53,55-59,61,63-65H2,1-2H3,(H,74,77)/b8-6-,14-12-,20-18-,26-24-,46-44+,54-52+,62-60+. The summed E-state index contributed by atoms with van der Waals surface area (Å²) < 4.78 is 11.3. The maximum absolute atomic E-state index is 13.1. The van der Waals surface area contributed by atoms with Crippen molar-refractivity contribution in [2.45, 2.75) is 358 Å². The van der Waals surface area contributed by atoms with Gasteiger partial charge in [0.05, 0.1) is 25.4 Å². The summed E-state index contributed by atoms with van der Waals surface area (Å²) in [7, 11) is 0. The number of allylic oxidation sites excluding steroid dienone is 13. The number of carbonyl (C=O) groups excluding carboxylic acids is 1. The van der Waals surface area contributed by atoms with E-state index in [4.69, 9.17) is 9.47 Å². The highest BCUT2D eigenvalue weighted by Crippen LogP contribution is 2.23. The summed E-state index contributed by atoms with van der Waals surface area (Å²) in [5.74, 6) is -0.190. The molecule has 9 heteroatoms. The number of rotatable bonds is 60. The van der Waals surface area contributed by atoms with Crippen LogP contribution in [-0.2, 0) is 14.3 Å². The number of hydrogen-bond donors (Lipinski definition) is 6. The van der Waals surface area contributed by atoms with Crippen LogP contribution in [-0.4, -0.2) is 87.5 Å². The van der Waals surface area contributed by atoms with Crippen LogP contribution < -0.4 is 5.32 Å². The topological polar surface area (TPSA) is 149 Å². The summed E-state index contributed by atoms with van der Waals surface area (Å²) in [6.07, 6.45) is 81.2. The SMILES string of the molecule is CC/C=C\C/C=C\C/C=C\C/C=C\CCCCCCCCCCCCCCCCCCC(=O)NC(COC1OC(CO)C(O)C(O)C1O)C(O)/C=C/CC/C=C/CC/C=C/CCCCCCCCCCCCCCCCCCCCCC. The lowest BCUT2D eigenvalue weighted by Gasteiger charge is -2.40. The molecule has 0 radical (unpaired) electrons. The van der Waals surface area contributed by atoms with E-state index >= 15 is 0 Å². The van der Waals surface area contributed by atoms with Crippen molar-refractivity contribution in [3.05, 3.63) is 85.1 Å². The largest absolute Gasteiger partial charge is 0.394 e. The van der Waals surface area contributed by atoms with Crippen LogP contribution in [0.25, 0.3) is 0 Å². The molecule has 0 aromatic rings. The number of nitrogens with one attached hydrogen (secondary N) is 1. The van der Waals surface area contributed by atoms with Gasteiger partial charge in [-0.05, 0) is 83.5 Å². The molecule has 6 N–H and O–H groups in total. The highest BCUT2D eigenvalue weighted by atomic mass is 16.7. The lowest BCUT2D eigenvalue weighted by molar-refractivity contribution is -0.302. The van der Waals surface area contributed by atoms with E-state index in [-0.39, 0.29) is 12.5 Å². The average Bonchev–Trinajstić information content (AvgIpc) is 3.57. The van der Waals surface area contributed by atoms with Crippen LogP contribution in [0.1, 0.15) is 316 Å². The van der Waals surface area contributed by atoms with Gasteiger partial charge in [-0.25, -0.2) is 0 Å². The van der Waals surface area contributed by atoms with E-state index < -0.39 is 49.5 Å². The average molecular weight is 1150 g/mol. The molecular formula is C73H131NO8. The summed E-state index contributed by atoms with van der Waals surface area (Å²) in [5.41, 5.74) is 0. The van der Waals surface area contributed by atoms with Gasteiger partial charge < -0.3 is 40.3 Å². The van der Waals surface area contributed by atoms with Crippen LogP contribution in [0.5, 0.6) is 0 Å². The maximum Gasteiger partial charge on any atom is 0.220 e. The zero-order valence-electron chi connectivity index (χ0n) is 53.2. The molecule has 1 fully saturated rings. The van der Waals surface area contributed by atoms with Gasteiger partial charge >= 0.3 is 0 Å². The molecule has 0 aliphatic carbocycles. The van der Waals surface area contributed by atoms with Crippen molar-refractivity contribution in [3.63, 3.8) is 0 Å². The lowest BCUT2D eigenvalue weighted by Crippen LogP contribution is -2.60. The number of carbonyl (C=O) groups is 1. The molecule has 7 atom stereocenters. The molecule has 1 saturated heterocycles. The Bertz CT molecular complexity index is 1570. The Morgan fingerprint density at radius 3 is 1.17 bits per heavy atom. The molecule has 0 aromatic carbocycles. The number of hydrogen-bond acceptors (Lipinski definition) is 8. The van der Waals surface area contributed by atoms with Crippen molar-refractivity contribution in [2.24, 2.45) is 0 Å². The molecule has 1 aliphatic heterocycles. The molecule has 1 aliphatic rings. The van der Waals surface area contributed by atoms with E-state index in [0.717, 1.165) is 70.6 Å². The fraction of sp³-hybridized carbons (Fsp3) is 0.795. The second kappa shape index (κ2) is 61.5. The van der Waals surface area contributed by atoms with E-state index in [1.54, 1.807) is 6.08 Å². The monoisotopic (exact) mass is 1150 g/mol. The minimum absolute atomic E-state index is 0.190. The molecule has 1 rings (SSSR count).